The maximum absolute atomic E-state index is 14.2. The first kappa shape index (κ1) is 26.7. The van der Waals surface area contributed by atoms with E-state index >= 15 is 0 Å². The largest absolute Gasteiger partial charge is 0.340 e. The Morgan fingerprint density at radius 1 is 1.12 bits per heavy atom. The summed E-state index contributed by atoms with van der Waals surface area (Å²) in [5, 5.41) is 16.8. The van der Waals surface area contributed by atoms with Crippen LogP contribution in [0.3, 0.4) is 0 Å². The van der Waals surface area contributed by atoms with Crippen LogP contribution in [0.5, 0.6) is 0 Å². The molecule has 0 aliphatic carbocycles. The summed E-state index contributed by atoms with van der Waals surface area (Å²) in [5.74, 6) is -1.60. The van der Waals surface area contributed by atoms with Crippen LogP contribution < -0.4 is 10.6 Å². The predicted octanol–water partition coefficient (Wildman–Crippen LogP) is 4.50. The molecule has 1 aliphatic heterocycles. The first-order valence-corrected chi connectivity index (χ1v) is 13.8. The van der Waals surface area contributed by atoms with E-state index in [1.807, 2.05) is 60.4 Å². The molecule has 0 bridgehead atoms. The van der Waals surface area contributed by atoms with Gasteiger partial charge in [-0.2, -0.15) is 5.10 Å². The highest BCUT2D eigenvalue weighted by Gasteiger charge is 2.36. The highest BCUT2D eigenvalue weighted by molar-refractivity contribution is 7.03. The Balaban J connectivity index is 1.28. The zero-order valence-corrected chi connectivity index (χ0v) is 23.1. The minimum absolute atomic E-state index is 0.272. The smallest absolute Gasteiger partial charge is 0.320 e. The summed E-state index contributed by atoms with van der Waals surface area (Å²) in [6, 6.07) is 12.6. The van der Waals surface area contributed by atoms with Crippen LogP contribution in [0.4, 0.5) is 19.4 Å². The van der Waals surface area contributed by atoms with Crippen LogP contribution in [-0.2, 0) is 13.6 Å². The summed E-state index contributed by atoms with van der Waals surface area (Å²) in [5.41, 5.74) is 4.28. The summed E-state index contributed by atoms with van der Waals surface area (Å²) < 4.78 is 35.3. The molecule has 0 saturated carbocycles. The molecule has 1 saturated heterocycles. The van der Waals surface area contributed by atoms with Crippen molar-refractivity contribution in [3.8, 4) is 17.1 Å². The molecule has 3 aromatic heterocycles. The summed E-state index contributed by atoms with van der Waals surface area (Å²) in [6.07, 6.45) is 3.56. The van der Waals surface area contributed by atoms with Gasteiger partial charge in [0.25, 0.3) is 0 Å². The first-order valence-electron chi connectivity index (χ1n) is 13.0. The second-order valence-corrected chi connectivity index (χ2v) is 10.7. The van der Waals surface area contributed by atoms with Crippen LogP contribution in [0.25, 0.3) is 17.1 Å². The third kappa shape index (κ3) is 5.58. The van der Waals surface area contributed by atoms with Gasteiger partial charge in [-0.15, -0.1) is 5.10 Å². The van der Waals surface area contributed by atoms with Gasteiger partial charge < -0.3 is 9.88 Å². The quantitative estimate of drug-likeness (QED) is 0.296. The van der Waals surface area contributed by atoms with Gasteiger partial charge in [0, 0.05) is 49.7 Å². The molecule has 10 nitrogen and oxygen atoms in total. The number of nitrogens with zero attached hydrogens (tertiary/aromatic N) is 7. The van der Waals surface area contributed by atoms with E-state index in [2.05, 4.69) is 30.1 Å². The molecular weight excluding hydrogens is 548 g/mol. The molecule has 5 aromatic rings. The van der Waals surface area contributed by atoms with Crippen LogP contribution in [-0.4, -0.2) is 59.0 Å². The van der Waals surface area contributed by atoms with Crippen molar-refractivity contribution in [1.29, 1.82) is 0 Å². The van der Waals surface area contributed by atoms with E-state index in [0.717, 1.165) is 23.0 Å². The summed E-state index contributed by atoms with van der Waals surface area (Å²) in [7, 11) is 1.88. The fraction of sp³-hybridized carbons (Fsp3) is 0.250. The predicted molar refractivity (Wildman–Crippen MR) is 151 cm³/mol. The van der Waals surface area contributed by atoms with E-state index in [9.17, 15) is 13.6 Å². The zero-order chi connectivity index (χ0) is 28.5. The lowest BCUT2D eigenvalue weighted by atomic mass is 9.94. The number of rotatable bonds is 7. The average Bonchev–Trinajstić information content (AvgIpc) is 3.76. The number of para-hydroxylation sites is 1. The number of urea groups is 1. The number of imidazole rings is 1. The standard InChI is InChI=1S/C28H27F2N9OS/c1-17-26(25-13-37(2)16-31-25)35-39(20-6-4-3-5-7-20)27(17)33-28(40)32-24-14-38(11-19-15-41-36-34-19)12-21(24)18-8-9-22(29)23(30)10-18/h3-10,13,15-16,21,24H,11-12,14H2,1-2H3,(H2,32,33,40). The Bertz CT molecular complexity index is 1670. The van der Waals surface area contributed by atoms with Crippen molar-refractivity contribution in [2.45, 2.75) is 25.4 Å². The van der Waals surface area contributed by atoms with Crippen molar-refractivity contribution in [3.63, 3.8) is 0 Å². The zero-order valence-electron chi connectivity index (χ0n) is 22.3. The number of hydrogen-bond acceptors (Lipinski definition) is 7. The Morgan fingerprint density at radius 2 is 1.95 bits per heavy atom. The molecule has 4 heterocycles. The van der Waals surface area contributed by atoms with Crippen LogP contribution >= 0.6 is 11.5 Å². The first-order chi connectivity index (χ1) is 19.9. The van der Waals surface area contributed by atoms with Gasteiger partial charge >= 0.3 is 6.03 Å². The second kappa shape index (κ2) is 11.2. The lowest BCUT2D eigenvalue weighted by molar-refractivity contribution is 0.246. The average molecular weight is 576 g/mol. The number of carbonyl (C=O) groups is 1. The van der Waals surface area contributed by atoms with E-state index in [0.29, 0.717) is 42.4 Å². The maximum Gasteiger partial charge on any atom is 0.320 e. The van der Waals surface area contributed by atoms with Gasteiger partial charge in [-0.25, -0.2) is 23.2 Å². The Hall–Kier alpha value is -4.49. The molecule has 2 aromatic carbocycles. The van der Waals surface area contributed by atoms with Gasteiger partial charge in [-0.05, 0) is 48.3 Å². The summed E-state index contributed by atoms with van der Waals surface area (Å²) >= 11 is 1.27. The summed E-state index contributed by atoms with van der Waals surface area (Å²) in [6.45, 7) is 3.43. The molecule has 2 amide bonds. The molecule has 2 atom stereocenters. The SMILES string of the molecule is Cc1c(-c2cn(C)cn2)nn(-c2ccccc2)c1NC(=O)NC1CN(Cc2csnn2)CC1c1ccc(F)c(F)c1. The van der Waals surface area contributed by atoms with Crippen molar-refractivity contribution in [2.75, 3.05) is 18.4 Å². The number of anilines is 1. The van der Waals surface area contributed by atoms with Crippen LogP contribution in [0.2, 0.25) is 0 Å². The van der Waals surface area contributed by atoms with Crippen LogP contribution in [0.15, 0.2) is 66.4 Å². The van der Waals surface area contributed by atoms with Crippen molar-refractivity contribution in [1.82, 2.24) is 39.1 Å². The monoisotopic (exact) mass is 575 g/mol. The summed E-state index contributed by atoms with van der Waals surface area (Å²) in [4.78, 5) is 20.1. The van der Waals surface area contributed by atoms with Crippen LogP contribution in [0.1, 0.15) is 22.7 Å². The minimum atomic E-state index is -0.919. The molecular formula is C28H27F2N9OS. The number of hydrogen-bond donors (Lipinski definition) is 2. The van der Waals surface area contributed by atoms with Gasteiger partial charge in [-0.3, -0.25) is 10.2 Å². The topological polar surface area (TPSA) is 106 Å². The number of likely N-dealkylation sites (tertiary alicyclic amines) is 1. The van der Waals surface area contributed by atoms with Gasteiger partial charge in [0.05, 0.1) is 23.8 Å². The fourth-order valence-electron chi connectivity index (χ4n) is 5.21. The number of amides is 2. The Morgan fingerprint density at radius 3 is 2.66 bits per heavy atom. The molecule has 41 heavy (non-hydrogen) atoms. The number of nitrogens with one attached hydrogen (secondary N) is 2. The molecule has 6 rings (SSSR count). The number of halogens is 2. The maximum atomic E-state index is 14.2. The molecule has 1 fully saturated rings. The van der Waals surface area contributed by atoms with Crippen molar-refractivity contribution in [2.24, 2.45) is 7.05 Å². The molecule has 0 radical (unpaired) electrons. The van der Waals surface area contributed by atoms with Crippen molar-refractivity contribution >= 4 is 23.4 Å². The molecule has 0 spiro atoms. The second-order valence-electron chi connectivity index (χ2n) is 10.1. The minimum Gasteiger partial charge on any atom is -0.340 e. The van der Waals surface area contributed by atoms with E-state index in [1.165, 1.54) is 17.6 Å². The molecule has 1 aliphatic rings. The number of benzene rings is 2. The van der Waals surface area contributed by atoms with E-state index in [-0.39, 0.29) is 12.0 Å². The molecule has 210 valence electrons. The van der Waals surface area contributed by atoms with Gasteiger partial charge in [0.15, 0.2) is 11.6 Å². The molecule has 2 unspecified atom stereocenters. The number of carbonyl (C=O) groups excluding carboxylic acids is 1. The highest BCUT2D eigenvalue weighted by Crippen LogP contribution is 2.32. The molecule has 13 heteroatoms. The van der Waals surface area contributed by atoms with Gasteiger partial charge in [0.2, 0.25) is 0 Å². The highest BCUT2D eigenvalue weighted by atomic mass is 32.1. The van der Waals surface area contributed by atoms with Gasteiger partial charge in [-0.1, -0.05) is 28.8 Å². The molecule has 2 N–H and O–H groups in total. The van der Waals surface area contributed by atoms with Crippen molar-refractivity contribution in [3.05, 3.63) is 94.9 Å². The fourth-order valence-corrected chi connectivity index (χ4v) is 5.66. The van der Waals surface area contributed by atoms with Gasteiger partial charge in [0.1, 0.15) is 17.2 Å². The van der Waals surface area contributed by atoms with Crippen molar-refractivity contribution < 1.29 is 13.6 Å². The van der Waals surface area contributed by atoms with E-state index in [1.54, 1.807) is 17.1 Å². The Kier molecular flexibility index (Phi) is 7.28. The third-order valence-corrected chi connectivity index (χ3v) is 7.73. The normalized spacial score (nSPS) is 17.2. The lowest BCUT2D eigenvalue weighted by Gasteiger charge is -2.21. The third-order valence-electron chi connectivity index (χ3n) is 7.18. The van der Waals surface area contributed by atoms with E-state index < -0.39 is 17.7 Å². The van der Waals surface area contributed by atoms with E-state index in [4.69, 9.17) is 5.10 Å². The lowest BCUT2D eigenvalue weighted by Crippen LogP contribution is -2.42. The Labute approximate surface area is 238 Å². The van der Waals surface area contributed by atoms with Crippen LogP contribution in [0, 0.1) is 18.6 Å². The number of aromatic nitrogens is 6. The number of aryl methyl sites for hydroxylation is 1.